The van der Waals surface area contributed by atoms with Gasteiger partial charge in [0, 0.05) is 18.8 Å². The second kappa shape index (κ2) is 10.2. The second-order valence-electron chi connectivity index (χ2n) is 9.31. The zero-order valence-corrected chi connectivity index (χ0v) is 20.0. The minimum absolute atomic E-state index is 0.178. The van der Waals surface area contributed by atoms with Crippen molar-refractivity contribution in [2.24, 2.45) is 5.92 Å². The van der Waals surface area contributed by atoms with Crippen molar-refractivity contribution in [2.45, 2.75) is 52.9 Å². The fourth-order valence-corrected chi connectivity index (χ4v) is 4.54. The van der Waals surface area contributed by atoms with Gasteiger partial charge in [-0.05, 0) is 54.5 Å². The smallest absolute Gasteiger partial charge is 0.278 e. The van der Waals surface area contributed by atoms with Gasteiger partial charge >= 0.3 is 0 Å². The predicted molar refractivity (Wildman–Crippen MR) is 132 cm³/mol. The van der Waals surface area contributed by atoms with E-state index in [2.05, 4.69) is 37.8 Å². The minimum Gasteiger partial charge on any atom is -0.493 e. The van der Waals surface area contributed by atoms with Crippen molar-refractivity contribution in [3.05, 3.63) is 65.4 Å². The third kappa shape index (κ3) is 4.82. The molecule has 2 amide bonds. The highest BCUT2D eigenvalue weighted by atomic mass is 16.5. The average Bonchev–Trinajstić information content (AvgIpc) is 3.07. The van der Waals surface area contributed by atoms with Gasteiger partial charge in [-0.15, -0.1) is 0 Å². The number of hydrogen-bond acceptors (Lipinski definition) is 4. The van der Waals surface area contributed by atoms with E-state index >= 15 is 0 Å². The van der Waals surface area contributed by atoms with Crippen molar-refractivity contribution in [1.82, 2.24) is 4.90 Å². The van der Waals surface area contributed by atoms with Crippen molar-refractivity contribution in [3.63, 3.8) is 0 Å². The summed E-state index contributed by atoms with van der Waals surface area (Å²) in [5.74, 6) is 0.839. The number of carbonyl (C=O) groups excluding carboxylic acids is 2. The molecule has 0 radical (unpaired) electrons. The van der Waals surface area contributed by atoms with Gasteiger partial charge in [0.25, 0.3) is 11.8 Å². The van der Waals surface area contributed by atoms with Gasteiger partial charge < -0.3 is 9.64 Å². The number of para-hydroxylation sites is 1. The standard InChI is InChI=1S/C28H34N2O3/c1-4-5-8-17-30-27(31)25(22-13-15-23(16-14-22)33-19-20(2)3)26(28(30)32)29-18-9-11-21-10-6-7-12-24(21)29/h6-7,10,12-16,20H,4-5,8-9,11,17-19H2,1-3H3. The molecule has 5 nitrogen and oxygen atoms in total. The molecule has 0 unspecified atom stereocenters. The van der Waals surface area contributed by atoms with Crippen LogP contribution in [0, 0.1) is 5.92 Å². The molecule has 0 saturated heterocycles. The molecule has 0 spiro atoms. The number of amides is 2. The molecule has 0 saturated carbocycles. The molecule has 0 bridgehead atoms. The van der Waals surface area contributed by atoms with Crippen molar-refractivity contribution in [1.29, 1.82) is 0 Å². The Morgan fingerprint density at radius 3 is 2.45 bits per heavy atom. The fourth-order valence-electron chi connectivity index (χ4n) is 4.54. The molecule has 2 aliphatic heterocycles. The number of rotatable bonds is 9. The summed E-state index contributed by atoms with van der Waals surface area (Å²) in [6.07, 6.45) is 4.80. The molecule has 0 aliphatic carbocycles. The number of ether oxygens (including phenoxy) is 1. The summed E-state index contributed by atoms with van der Waals surface area (Å²) >= 11 is 0. The molecule has 2 aromatic carbocycles. The number of benzene rings is 2. The molecule has 5 heteroatoms. The summed E-state index contributed by atoms with van der Waals surface area (Å²) in [6.45, 7) is 8.17. The van der Waals surface area contributed by atoms with Gasteiger partial charge in [0.05, 0.1) is 12.2 Å². The van der Waals surface area contributed by atoms with Crippen molar-refractivity contribution in [3.8, 4) is 5.75 Å². The first-order valence-electron chi connectivity index (χ1n) is 12.2. The van der Waals surface area contributed by atoms with E-state index in [9.17, 15) is 9.59 Å². The van der Waals surface area contributed by atoms with E-state index in [0.717, 1.165) is 55.6 Å². The van der Waals surface area contributed by atoms with E-state index in [1.54, 1.807) is 0 Å². The number of nitrogens with zero attached hydrogens (tertiary/aromatic N) is 2. The molecular weight excluding hydrogens is 412 g/mol. The second-order valence-corrected chi connectivity index (χ2v) is 9.31. The average molecular weight is 447 g/mol. The van der Waals surface area contributed by atoms with Gasteiger partial charge in [-0.2, -0.15) is 0 Å². The molecule has 2 aliphatic rings. The first-order chi connectivity index (χ1) is 16.0. The molecule has 2 aromatic rings. The highest BCUT2D eigenvalue weighted by Gasteiger charge is 2.42. The van der Waals surface area contributed by atoms with Crippen LogP contribution in [-0.4, -0.2) is 36.4 Å². The van der Waals surface area contributed by atoms with Gasteiger partial charge in [0.15, 0.2) is 0 Å². The Morgan fingerprint density at radius 1 is 0.970 bits per heavy atom. The van der Waals surface area contributed by atoms with Gasteiger partial charge in [-0.3, -0.25) is 14.5 Å². The Labute approximate surface area is 197 Å². The molecule has 0 aromatic heterocycles. The van der Waals surface area contributed by atoms with Crippen LogP contribution in [0.15, 0.2) is 54.2 Å². The molecule has 174 valence electrons. The maximum atomic E-state index is 13.6. The number of carbonyl (C=O) groups is 2. The first kappa shape index (κ1) is 23.1. The summed E-state index contributed by atoms with van der Waals surface area (Å²) in [7, 11) is 0. The van der Waals surface area contributed by atoms with Crippen LogP contribution in [0.4, 0.5) is 5.69 Å². The van der Waals surface area contributed by atoms with Crippen LogP contribution in [0.2, 0.25) is 0 Å². The van der Waals surface area contributed by atoms with Gasteiger partial charge in [-0.1, -0.05) is 63.9 Å². The minimum atomic E-state index is -0.190. The van der Waals surface area contributed by atoms with Crippen LogP contribution in [-0.2, 0) is 16.0 Å². The summed E-state index contributed by atoms with van der Waals surface area (Å²) in [6, 6.07) is 15.8. The van der Waals surface area contributed by atoms with E-state index < -0.39 is 0 Å². The van der Waals surface area contributed by atoms with Crippen LogP contribution in [0.1, 0.15) is 57.6 Å². The summed E-state index contributed by atoms with van der Waals surface area (Å²) in [5, 5.41) is 0. The monoisotopic (exact) mass is 446 g/mol. The van der Waals surface area contributed by atoms with Gasteiger partial charge in [0.1, 0.15) is 11.4 Å². The van der Waals surface area contributed by atoms with Crippen LogP contribution in [0.5, 0.6) is 5.75 Å². The maximum Gasteiger partial charge on any atom is 0.278 e. The van der Waals surface area contributed by atoms with Crippen molar-refractivity contribution in [2.75, 3.05) is 24.6 Å². The Kier molecular flexibility index (Phi) is 7.17. The maximum absolute atomic E-state index is 13.6. The van der Waals surface area contributed by atoms with E-state index in [0.29, 0.717) is 30.3 Å². The van der Waals surface area contributed by atoms with Gasteiger partial charge in [0.2, 0.25) is 0 Å². The SMILES string of the molecule is CCCCCN1C(=O)C(c2ccc(OCC(C)C)cc2)=C(N2CCCc3ccccc32)C1=O. The Bertz CT molecular complexity index is 1040. The third-order valence-electron chi connectivity index (χ3n) is 6.24. The van der Waals surface area contributed by atoms with Crippen LogP contribution in [0.3, 0.4) is 0 Å². The van der Waals surface area contributed by atoms with E-state index in [-0.39, 0.29) is 11.8 Å². The van der Waals surface area contributed by atoms with Crippen LogP contribution < -0.4 is 9.64 Å². The Hall–Kier alpha value is -3.08. The number of hydrogen-bond donors (Lipinski definition) is 0. The Morgan fingerprint density at radius 2 is 1.73 bits per heavy atom. The zero-order valence-electron chi connectivity index (χ0n) is 20.0. The number of imide groups is 1. The normalized spacial score (nSPS) is 16.1. The number of anilines is 1. The largest absolute Gasteiger partial charge is 0.493 e. The summed E-state index contributed by atoms with van der Waals surface area (Å²) < 4.78 is 5.82. The lowest BCUT2D eigenvalue weighted by Gasteiger charge is -2.32. The molecular formula is C28H34N2O3. The van der Waals surface area contributed by atoms with E-state index in [1.807, 2.05) is 36.4 Å². The van der Waals surface area contributed by atoms with Crippen molar-refractivity contribution >= 4 is 23.1 Å². The Balaban J connectivity index is 1.73. The zero-order chi connectivity index (χ0) is 23.4. The lowest BCUT2D eigenvalue weighted by Crippen LogP contribution is -2.37. The summed E-state index contributed by atoms with van der Waals surface area (Å²) in [5.41, 5.74) is 4.03. The highest BCUT2D eigenvalue weighted by molar-refractivity contribution is 6.36. The highest BCUT2D eigenvalue weighted by Crippen LogP contribution is 2.38. The number of unbranched alkanes of at least 4 members (excludes halogenated alkanes) is 2. The fraction of sp³-hybridized carbons (Fsp3) is 0.429. The lowest BCUT2D eigenvalue weighted by molar-refractivity contribution is -0.137. The molecule has 0 atom stereocenters. The van der Waals surface area contributed by atoms with E-state index in [1.165, 1.54) is 10.5 Å². The first-order valence-corrected chi connectivity index (χ1v) is 12.2. The third-order valence-corrected chi connectivity index (χ3v) is 6.24. The van der Waals surface area contributed by atoms with Crippen LogP contribution >= 0.6 is 0 Å². The van der Waals surface area contributed by atoms with Crippen molar-refractivity contribution < 1.29 is 14.3 Å². The van der Waals surface area contributed by atoms with Gasteiger partial charge in [-0.25, -0.2) is 0 Å². The molecule has 0 N–H and O–H groups in total. The lowest BCUT2D eigenvalue weighted by atomic mass is 9.98. The van der Waals surface area contributed by atoms with E-state index in [4.69, 9.17) is 4.74 Å². The number of fused-ring (bicyclic) bond motifs is 1. The topological polar surface area (TPSA) is 49.9 Å². The quantitative estimate of drug-likeness (QED) is 0.380. The van der Waals surface area contributed by atoms with Crippen LogP contribution in [0.25, 0.3) is 5.57 Å². The molecule has 2 heterocycles. The molecule has 0 fully saturated rings. The molecule has 33 heavy (non-hydrogen) atoms. The predicted octanol–water partition coefficient (Wildman–Crippen LogP) is 5.44. The molecule has 4 rings (SSSR count). The summed E-state index contributed by atoms with van der Waals surface area (Å²) in [4.78, 5) is 30.7. The number of aryl methyl sites for hydroxylation is 1.